The lowest BCUT2D eigenvalue weighted by Gasteiger charge is -2.47. The van der Waals surface area contributed by atoms with E-state index in [0.717, 1.165) is 0 Å². The summed E-state index contributed by atoms with van der Waals surface area (Å²) in [6.45, 7) is 15.2. The smallest absolute Gasteiger partial charge is 0.474 e. The number of aromatic nitrogens is 6. The number of imidazole rings is 1. The summed E-state index contributed by atoms with van der Waals surface area (Å²) < 4.78 is 65.6. The molecule has 2 fully saturated rings. The van der Waals surface area contributed by atoms with Crippen LogP contribution in [0.1, 0.15) is 94.7 Å². The first-order valence-electron chi connectivity index (χ1n) is 21.9. The summed E-state index contributed by atoms with van der Waals surface area (Å²) in [6, 6.07) is 3.64. The second-order valence-corrected chi connectivity index (χ2v) is 30.3. The Morgan fingerprint density at radius 2 is 1.78 bits per heavy atom. The Morgan fingerprint density at radius 1 is 1.08 bits per heavy atom. The SMILES string of the molecule is CC(C)CNc1nc2c(ncn2[C@@H]2O[C@H](CO)[C@@H](O[Si](O[Si](O)(C(C)C)C(C)C)(C(C)C)C(C)C)[C@H]2O[P@@](=S)(OCCC#N)OC[C@H]2C[C@@H](Oc3ccncn3)C[C@@H]2O[P+](=O)O)c(=O)[nH]1. The largest absolute Gasteiger partial charge is 0.695 e. The number of nitrogens with zero attached hydrogens (tertiary/aromatic N) is 6. The molecule has 21 nitrogen and oxygen atoms in total. The average molecular weight is 1000 g/mol. The third-order valence-corrected chi connectivity index (χ3v) is 24.1. The van der Waals surface area contributed by atoms with E-state index < -0.39 is 86.9 Å². The molecule has 0 amide bonds. The first-order valence-corrected chi connectivity index (χ1v) is 29.6. The quantitative estimate of drug-likeness (QED) is 0.0357. The number of nitrogens with one attached hydrogen (secondary N) is 2. The van der Waals surface area contributed by atoms with E-state index in [2.05, 4.69) is 25.3 Å². The molecule has 5 N–H and O–H groups in total. The van der Waals surface area contributed by atoms with Gasteiger partial charge in [-0.1, -0.05) is 69.2 Å². The number of hydrogen-bond donors (Lipinski definition) is 5. The van der Waals surface area contributed by atoms with Crippen molar-refractivity contribution >= 4 is 61.0 Å². The lowest BCUT2D eigenvalue weighted by atomic mass is 10.1. The first-order chi connectivity index (χ1) is 30.7. The molecule has 362 valence electrons. The molecule has 1 saturated heterocycles. The highest BCUT2D eigenvalue weighted by Gasteiger charge is 2.60. The second kappa shape index (κ2) is 23.1. The van der Waals surface area contributed by atoms with Crippen molar-refractivity contribution in [3.63, 3.8) is 0 Å². The van der Waals surface area contributed by atoms with Crippen molar-refractivity contribution in [2.24, 2.45) is 11.8 Å². The van der Waals surface area contributed by atoms with Gasteiger partial charge in [-0.15, -0.1) is 9.42 Å². The summed E-state index contributed by atoms with van der Waals surface area (Å²) >= 11 is 6.16. The summed E-state index contributed by atoms with van der Waals surface area (Å²) in [5, 5.41) is 23.8. The van der Waals surface area contributed by atoms with E-state index in [0.29, 0.717) is 18.8 Å². The third kappa shape index (κ3) is 12.9. The molecular weight excluding hydrogens is 939 g/mol. The fourth-order valence-electron chi connectivity index (χ4n) is 8.11. The van der Waals surface area contributed by atoms with E-state index >= 15 is 0 Å². The zero-order chi connectivity index (χ0) is 47.9. The predicted molar refractivity (Wildman–Crippen MR) is 248 cm³/mol. The van der Waals surface area contributed by atoms with Gasteiger partial charge in [0.1, 0.15) is 36.8 Å². The van der Waals surface area contributed by atoms with Crippen molar-refractivity contribution in [2.75, 3.05) is 31.7 Å². The van der Waals surface area contributed by atoms with Gasteiger partial charge in [0.25, 0.3) is 5.56 Å². The molecule has 3 aromatic rings. The predicted octanol–water partition coefficient (Wildman–Crippen LogP) is 6.23. The standard InChI is InChI=1S/C39H64N8O13P2SSi2/c1-23(2)18-42-39-45-36-33(37(49)46-39)44-22-47(36)38-35(34(31(19-48)56-38)59-65(26(7)8,27(9)10)60-64(52,24(3)4)25(5)6)58-62(63,53-15-11-13-40)54-20-28-16-29(17-30(28)57-61(50)51)55-32-12-14-41-21-43-32/h12,14,21-31,34-35,38,48,52H,11,15-20H2,1-10H3,(H2-,42,45,46,49,50,51)/p+1/t28-,29-,30+,31-,34-,35-,38-,62-/m1/s1. The van der Waals surface area contributed by atoms with E-state index in [9.17, 15) is 29.4 Å². The molecule has 1 saturated carbocycles. The van der Waals surface area contributed by atoms with E-state index in [4.69, 9.17) is 52.9 Å². The van der Waals surface area contributed by atoms with Gasteiger partial charge in [0, 0.05) is 35.7 Å². The zero-order valence-electron chi connectivity index (χ0n) is 38.6. The van der Waals surface area contributed by atoms with Crippen molar-refractivity contribution in [1.82, 2.24) is 29.5 Å². The van der Waals surface area contributed by atoms with E-state index in [1.165, 1.54) is 23.4 Å². The van der Waals surface area contributed by atoms with Crippen LogP contribution < -0.4 is 15.6 Å². The monoisotopic (exact) mass is 1000 g/mol. The Hall–Kier alpha value is -2.70. The molecule has 1 aliphatic heterocycles. The summed E-state index contributed by atoms with van der Waals surface area (Å²) in [6.07, 6.45) is -1.37. The minimum absolute atomic E-state index is 0.00268. The van der Waals surface area contributed by atoms with Crippen molar-refractivity contribution in [1.29, 1.82) is 5.26 Å². The fraction of sp³-hybridized carbons (Fsp3) is 0.744. The van der Waals surface area contributed by atoms with Gasteiger partial charge in [0.05, 0.1) is 38.6 Å². The highest BCUT2D eigenvalue weighted by Crippen LogP contribution is 2.56. The van der Waals surface area contributed by atoms with Crippen molar-refractivity contribution < 1.29 is 55.5 Å². The van der Waals surface area contributed by atoms with E-state index in [-0.39, 0.29) is 71.3 Å². The molecule has 1 aliphatic carbocycles. The summed E-state index contributed by atoms with van der Waals surface area (Å²) in [5.74, 6) is 0.172. The van der Waals surface area contributed by atoms with Crippen LogP contribution in [0.3, 0.4) is 0 Å². The summed E-state index contributed by atoms with van der Waals surface area (Å²) in [7, 11) is -10.1. The van der Waals surface area contributed by atoms with Crippen LogP contribution in [-0.2, 0) is 47.7 Å². The van der Waals surface area contributed by atoms with Crippen LogP contribution in [-0.4, -0.2) is 118 Å². The van der Waals surface area contributed by atoms with Crippen LogP contribution in [0.5, 0.6) is 5.88 Å². The number of fused-ring (bicyclic) bond motifs is 1. The van der Waals surface area contributed by atoms with E-state index in [1.807, 2.05) is 75.3 Å². The highest BCUT2D eigenvalue weighted by atomic mass is 32.5. The van der Waals surface area contributed by atoms with Gasteiger partial charge >= 0.3 is 32.1 Å². The van der Waals surface area contributed by atoms with Crippen molar-refractivity contribution in [2.45, 2.75) is 147 Å². The normalized spacial score (nSPS) is 24.1. The topological polar surface area (TPSA) is 277 Å². The third-order valence-electron chi connectivity index (χ3n) is 11.6. The molecule has 65 heavy (non-hydrogen) atoms. The Morgan fingerprint density at radius 3 is 2.37 bits per heavy atom. The molecular formula is C39H65N8O13P2SSi2+. The number of aromatic amines is 1. The summed E-state index contributed by atoms with van der Waals surface area (Å²) in [5.41, 5.74) is -1.30. The first kappa shape index (κ1) is 53.3. The van der Waals surface area contributed by atoms with Gasteiger partial charge in [-0.05, 0) is 46.3 Å². The lowest BCUT2D eigenvalue weighted by molar-refractivity contribution is -0.0509. The minimum Gasteiger partial charge on any atom is -0.474 e. The molecule has 0 radical (unpaired) electrons. The maximum Gasteiger partial charge on any atom is 0.695 e. The maximum absolute atomic E-state index is 13.4. The van der Waals surface area contributed by atoms with Crippen molar-refractivity contribution in [3.05, 3.63) is 35.3 Å². The average Bonchev–Trinajstić information content (AvgIpc) is 3.93. The van der Waals surface area contributed by atoms with Crippen LogP contribution in [0.15, 0.2) is 29.7 Å². The number of aliphatic hydroxyl groups is 1. The Labute approximate surface area is 388 Å². The highest BCUT2D eigenvalue weighted by molar-refractivity contribution is 8.07. The molecule has 0 bridgehead atoms. The Bertz CT molecular complexity index is 2170. The Balaban J connectivity index is 1.61. The van der Waals surface area contributed by atoms with Gasteiger partial charge < -0.3 is 42.3 Å². The molecule has 5 rings (SSSR count). The molecule has 4 heterocycles. The van der Waals surface area contributed by atoms with Crippen LogP contribution >= 0.6 is 15.0 Å². The van der Waals surface area contributed by atoms with Gasteiger partial charge in [-0.2, -0.15) is 10.2 Å². The maximum atomic E-state index is 13.4. The molecule has 0 spiro atoms. The van der Waals surface area contributed by atoms with E-state index in [1.54, 1.807) is 6.07 Å². The van der Waals surface area contributed by atoms with Crippen LogP contribution in [0.2, 0.25) is 22.2 Å². The lowest BCUT2D eigenvalue weighted by Crippen LogP contribution is -2.62. The molecule has 2 aliphatic rings. The Kier molecular flexibility index (Phi) is 18.9. The number of H-pyrrole nitrogens is 1. The second-order valence-electron chi connectivity index (χ2n) is 18.0. The number of rotatable bonds is 25. The van der Waals surface area contributed by atoms with Gasteiger partial charge in [0.15, 0.2) is 17.4 Å². The van der Waals surface area contributed by atoms with Crippen LogP contribution in [0, 0.1) is 23.2 Å². The number of nitriles is 1. The number of hydrogen-bond acceptors (Lipinski definition) is 19. The minimum atomic E-state index is -4.01. The van der Waals surface area contributed by atoms with Gasteiger partial charge in [0.2, 0.25) is 11.8 Å². The zero-order valence-corrected chi connectivity index (χ0v) is 43.2. The molecule has 0 aromatic carbocycles. The van der Waals surface area contributed by atoms with Gasteiger partial charge in [-0.25, -0.2) is 15.0 Å². The van der Waals surface area contributed by atoms with Crippen LogP contribution in [0.25, 0.3) is 11.2 Å². The molecule has 3 aromatic heterocycles. The molecule has 26 heteroatoms. The van der Waals surface area contributed by atoms with Crippen LogP contribution in [0.4, 0.5) is 5.95 Å². The number of ether oxygens (including phenoxy) is 2. The summed E-state index contributed by atoms with van der Waals surface area (Å²) in [4.78, 5) is 55.4. The fourth-order valence-corrected chi connectivity index (χ4v) is 20.6. The number of anilines is 1. The number of aliphatic hydroxyl groups excluding tert-OH is 1. The van der Waals surface area contributed by atoms with Gasteiger partial charge in [-0.3, -0.25) is 18.9 Å². The van der Waals surface area contributed by atoms with Crippen molar-refractivity contribution in [3.8, 4) is 11.9 Å². The molecule has 1 unspecified atom stereocenters. The molecule has 9 atom stereocenters.